The Morgan fingerprint density at radius 3 is 2.96 bits per heavy atom. The van der Waals surface area contributed by atoms with Crippen molar-refractivity contribution in [3.8, 4) is 5.75 Å². The van der Waals surface area contributed by atoms with Gasteiger partial charge in [-0.15, -0.1) is 0 Å². The van der Waals surface area contributed by atoms with Gasteiger partial charge in [0.25, 0.3) is 5.91 Å². The quantitative estimate of drug-likeness (QED) is 0.811. The van der Waals surface area contributed by atoms with E-state index in [0.29, 0.717) is 31.1 Å². The van der Waals surface area contributed by atoms with Crippen molar-refractivity contribution in [2.75, 3.05) is 26.4 Å². The van der Waals surface area contributed by atoms with Gasteiger partial charge in [0.1, 0.15) is 12.4 Å². The largest absolute Gasteiger partial charge is 0.489 e. The molecule has 6 heteroatoms. The van der Waals surface area contributed by atoms with Crippen LogP contribution in [0.25, 0.3) is 0 Å². The van der Waals surface area contributed by atoms with Crippen LogP contribution in [-0.2, 0) is 9.53 Å². The first kappa shape index (κ1) is 17.0. The Balaban J connectivity index is 2.12. The van der Waals surface area contributed by atoms with Gasteiger partial charge in [0.15, 0.2) is 0 Å². The third-order valence-corrected chi connectivity index (χ3v) is 3.46. The van der Waals surface area contributed by atoms with Crippen LogP contribution in [0, 0.1) is 0 Å². The molecule has 1 fully saturated rings. The summed E-state index contributed by atoms with van der Waals surface area (Å²) in [6.07, 6.45) is -0.127. The summed E-state index contributed by atoms with van der Waals surface area (Å²) in [5, 5.41) is 8.98. The lowest BCUT2D eigenvalue weighted by Crippen LogP contribution is -2.49. The predicted octanol–water partition coefficient (Wildman–Crippen LogP) is 1.96. The van der Waals surface area contributed by atoms with Crippen molar-refractivity contribution < 1.29 is 24.2 Å². The Labute approximate surface area is 135 Å². The molecule has 0 bridgehead atoms. The molecule has 0 aliphatic carbocycles. The Morgan fingerprint density at radius 1 is 1.48 bits per heavy atom. The maximum Gasteiger partial charge on any atom is 0.305 e. The van der Waals surface area contributed by atoms with Gasteiger partial charge in [0.2, 0.25) is 0 Å². The molecule has 1 aromatic carbocycles. The summed E-state index contributed by atoms with van der Waals surface area (Å²) in [6, 6.07) is 6.43. The standard InChI is InChI=1S/C17H21NO5/c1-12(2)10-23-15-5-3-4-13(8-15)17(21)18-6-7-22-11-14(18)9-16(19)20/h3-5,8,14H,1,6-7,9-11H2,2H3,(H,19,20). The molecule has 2 rings (SSSR count). The summed E-state index contributed by atoms with van der Waals surface area (Å²) in [6.45, 7) is 7.05. The molecule has 124 valence electrons. The first-order valence-electron chi connectivity index (χ1n) is 7.45. The first-order chi connectivity index (χ1) is 11.0. The molecule has 0 spiro atoms. The van der Waals surface area contributed by atoms with Crippen molar-refractivity contribution in [3.63, 3.8) is 0 Å². The van der Waals surface area contributed by atoms with Crippen molar-refractivity contribution in [2.45, 2.75) is 19.4 Å². The summed E-state index contributed by atoms with van der Waals surface area (Å²) in [5.41, 5.74) is 1.36. The minimum atomic E-state index is -0.947. The number of carbonyl (C=O) groups excluding carboxylic acids is 1. The van der Waals surface area contributed by atoms with Crippen molar-refractivity contribution >= 4 is 11.9 Å². The molecule has 1 atom stereocenters. The SMILES string of the molecule is C=C(C)COc1cccc(C(=O)N2CCOCC2CC(=O)O)c1. The molecule has 23 heavy (non-hydrogen) atoms. The molecule has 1 saturated heterocycles. The highest BCUT2D eigenvalue weighted by Gasteiger charge is 2.29. The lowest BCUT2D eigenvalue weighted by atomic mass is 10.1. The van der Waals surface area contributed by atoms with Crippen LogP contribution >= 0.6 is 0 Å². The second kappa shape index (κ2) is 7.78. The topological polar surface area (TPSA) is 76.1 Å². The summed E-state index contributed by atoms with van der Waals surface area (Å²) in [4.78, 5) is 25.2. The molecule has 0 saturated carbocycles. The van der Waals surface area contributed by atoms with Crippen LogP contribution in [0.1, 0.15) is 23.7 Å². The highest BCUT2D eigenvalue weighted by Crippen LogP contribution is 2.19. The van der Waals surface area contributed by atoms with Crippen LogP contribution in [0.4, 0.5) is 0 Å². The summed E-state index contributed by atoms with van der Waals surface area (Å²) in [7, 11) is 0. The number of benzene rings is 1. The Bertz CT molecular complexity index is 598. The van der Waals surface area contributed by atoms with E-state index in [4.69, 9.17) is 14.6 Å². The van der Waals surface area contributed by atoms with E-state index in [1.807, 2.05) is 6.92 Å². The fourth-order valence-corrected chi connectivity index (χ4v) is 2.38. The molecule has 0 aromatic heterocycles. The number of carbonyl (C=O) groups is 2. The van der Waals surface area contributed by atoms with E-state index in [-0.39, 0.29) is 18.9 Å². The highest BCUT2D eigenvalue weighted by molar-refractivity contribution is 5.95. The number of hydrogen-bond acceptors (Lipinski definition) is 4. The average molecular weight is 319 g/mol. The number of amides is 1. The third-order valence-electron chi connectivity index (χ3n) is 3.46. The number of ether oxygens (including phenoxy) is 2. The zero-order valence-electron chi connectivity index (χ0n) is 13.2. The molecule has 1 unspecified atom stereocenters. The van der Waals surface area contributed by atoms with Crippen molar-refractivity contribution in [1.29, 1.82) is 0 Å². The normalized spacial score (nSPS) is 17.6. The lowest BCUT2D eigenvalue weighted by Gasteiger charge is -2.34. The number of nitrogens with zero attached hydrogens (tertiary/aromatic N) is 1. The van der Waals surface area contributed by atoms with Crippen LogP contribution in [0.3, 0.4) is 0 Å². The molecular formula is C17H21NO5. The third kappa shape index (κ3) is 4.82. The number of morpholine rings is 1. The van der Waals surface area contributed by atoms with E-state index >= 15 is 0 Å². The molecule has 1 N–H and O–H groups in total. The zero-order valence-corrected chi connectivity index (χ0v) is 13.2. The smallest absolute Gasteiger partial charge is 0.305 e. The van der Waals surface area contributed by atoms with Crippen LogP contribution in [0.2, 0.25) is 0 Å². The molecule has 1 amide bonds. The molecule has 0 radical (unpaired) electrons. The minimum absolute atomic E-state index is 0.127. The molecule has 1 aliphatic heterocycles. The van der Waals surface area contributed by atoms with Gasteiger partial charge in [-0.25, -0.2) is 0 Å². The van der Waals surface area contributed by atoms with Gasteiger partial charge < -0.3 is 19.5 Å². The van der Waals surface area contributed by atoms with Gasteiger partial charge >= 0.3 is 5.97 Å². The van der Waals surface area contributed by atoms with E-state index in [9.17, 15) is 9.59 Å². The van der Waals surface area contributed by atoms with E-state index < -0.39 is 12.0 Å². The fourth-order valence-electron chi connectivity index (χ4n) is 2.38. The van der Waals surface area contributed by atoms with Crippen molar-refractivity contribution in [1.82, 2.24) is 4.90 Å². The van der Waals surface area contributed by atoms with E-state index in [1.54, 1.807) is 29.2 Å². The minimum Gasteiger partial charge on any atom is -0.489 e. The summed E-state index contributed by atoms with van der Waals surface area (Å²) in [5.74, 6) is -0.570. The van der Waals surface area contributed by atoms with Crippen LogP contribution < -0.4 is 4.74 Å². The van der Waals surface area contributed by atoms with Crippen molar-refractivity contribution in [2.24, 2.45) is 0 Å². The van der Waals surface area contributed by atoms with Gasteiger partial charge in [0.05, 0.1) is 25.7 Å². The van der Waals surface area contributed by atoms with Crippen molar-refractivity contribution in [3.05, 3.63) is 42.0 Å². The Kier molecular flexibility index (Phi) is 5.76. The lowest BCUT2D eigenvalue weighted by molar-refractivity contribution is -0.139. The molecule has 1 heterocycles. The molecule has 1 aromatic rings. The Morgan fingerprint density at radius 2 is 2.26 bits per heavy atom. The molecule has 1 aliphatic rings. The van der Waals surface area contributed by atoms with Gasteiger partial charge in [-0.05, 0) is 30.7 Å². The molecular weight excluding hydrogens is 298 g/mol. The highest BCUT2D eigenvalue weighted by atomic mass is 16.5. The fraction of sp³-hybridized carbons (Fsp3) is 0.412. The van der Waals surface area contributed by atoms with Crippen LogP contribution in [-0.4, -0.2) is 54.3 Å². The van der Waals surface area contributed by atoms with E-state index in [2.05, 4.69) is 6.58 Å². The van der Waals surface area contributed by atoms with Gasteiger partial charge in [-0.3, -0.25) is 9.59 Å². The van der Waals surface area contributed by atoms with Gasteiger partial charge in [-0.1, -0.05) is 12.6 Å². The van der Waals surface area contributed by atoms with E-state index in [1.165, 1.54) is 0 Å². The maximum atomic E-state index is 12.7. The second-order valence-electron chi connectivity index (χ2n) is 5.60. The monoisotopic (exact) mass is 319 g/mol. The van der Waals surface area contributed by atoms with Crippen LogP contribution in [0.5, 0.6) is 5.75 Å². The second-order valence-corrected chi connectivity index (χ2v) is 5.60. The van der Waals surface area contributed by atoms with Gasteiger partial charge in [-0.2, -0.15) is 0 Å². The average Bonchev–Trinajstić information content (AvgIpc) is 2.52. The summed E-state index contributed by atoms with van der Waals surface area (Å²) >= 11 is 0. The van der Waals surface area contributed by atoms with Crippen LogP contribution in [0.15, 0.2) is 36.4 Å². The number of hydrogen-bond donors (Lipinski definition) is 1. The number of rotatable bonds is 6. The maximum absolute atomic E-state index is 12.7. The zero-order chi connectivity index (χ0) is 16.8. The summed E-state index contributed by atoms with van der Waals surface area (Å²) < 4.78 is 10.8. The Hall–Kier alpha value is -2.34. The number of carboxylic acids is 1. The first-order valence-corrected chi connectivity index (χ1v) is 7.45. The molecule has 6 nitrogen and oxygen atoms in total. The van der Waals surface area contributed by atoms with Gasteiger partial charge in [0, 0.05) is 12.1 Å². The number of carboxylic acid groups (broad SMARTS) is 1. The number of aliphatic carboxylic acids is 1. The van der Waals surface area contributed by atoms with E-state index in [0.717, 1.165) is 5.57 Å². The predicted molar refractivity (Wildman–Crippen MR) is 84.6 cm³/mol.